The molecule has 0 unspecified atom stereocenters. The van der Waals surface area contributed by atoms with E-state index < -0.39 is 5.97 Å². The van der Waals surface area contributed by atoms with Crippen LogP contribution in [0, 0.1) is 0 Å². The van der Waals surface area contributed by atoms with Crippen LogP contribution in [0.4, 0.5) is 0 Å². The standard InChI is InChI=1S/C28H52O4/c1-2-3-4-5-6-7-8-9-10-11-12-13-16-19-22-25-28(31)32-26-23-20-17-14-15-18-21-24-27(29)30/h9-10H,2-8,11-26H2,1H3,(H,29,30). The van der Waals surface area contributed by atoms with Gasteiger partial charge in [0, 0.05) is 12.8 Å². The number of carboxylic acid groups (broad SMARTS) is 1. The van der Waals surface area contributed by atoms with E-state index in [9.17, 15) is 9.59 Å². The Morgan fingerprint density at radius 1 is 0.594 bits per heavy atom. The molecule has 0 amide bonds. The van der Waals surface area contributed by atoms with Crippen LogP contribution in [-0.2, 0) is 14.3 Å². The van der Waals surface area contributed by atoms with E-state index in [1.807, 2.05) is 0 Å². The van der Waals surface area contributed by atoms with Gasteiger partial charge in [0.15, 0.2) is 0 Å². The fourth-order valence-corrected chi connectivity index (χ4v) is 3.86. The van der Waals surface area contributed by atoms with Gasteiger partial charge < -0.3 is 9.84 Å². The Hall–Kier alpha value is -1.32. The molecule has 188 valence electrons. The summed E-state index contributed by atoms with van der Waals surface area (Å²) in [6, 6.07) is 0. The zero-order valence-electron chi connectivity index (χ0n) is 21.1. The molecule has 1 N–H and O–H groups in total. The predicted molar refractivity (Wildman–Crippen MR) is 135 cm³/mol. The Morgan fingerprint density at radius 2 is 1.03 bits per heavy atom. The van der Waals surface area contributed by atoms with Gasteiger partial charge in [-0.2, -0.15) is 0 Å². The number of esters is 1. The van der Waals surface area contributed by atoms with Crippen molar-refractivity contribution in [1.82, 2.24) is 0 Å². The number of ether oxygens (including phenoxy) is 1. The minimum atomic E-state index is -0.700. The van der Waals surface area contributed by atoms with Crippen molar-refractivity contribution in [1.29, 1.82) is 0 Å². The van der Waals surface area contributed by atoms with E-state index in [1.54, 1.807) is 0 Å². The lowest BCUT2D eigenvalue weighted by Gasteiger charge is -2.05. The highest BCUT2D eigenvalue weighted by Gasteiger charge is 2.02. The molecular weight excluding hydrogens is 400 g/mol. The monoisotopic (exact) mass is 452 g/mol. The Bertz CT molecular complexity index is 445. The quantitative estimate of drug-likeness (QED) is 0.0854. The Balaban J connectivity index is 3.22. The summed E-state index contributed by atoms with van der Waals surface area (Å²) >= 11 is 0. The molecule has 32 heavy (non-hydrogen) atoms. The van der Waals surface area contributed by atoms with Crippen LogP contribution in [0.25, 0.3) is 0 Å². The summed E-state index contributed by atoms with van der Waals surface area (Å²) in [6.07, 6.45) is 29.2. The highest BCUT2D eigenvalue weighted by atomic mass is 16.5. The van der Waals surface area contributed by atoms with Gasteiger partial charge in [0.1, 0.15) is 0 Å². The molecule has 0 spiro atoms. The fourth-order valence-electron chi connectivity index (χ4n) is 3.86. The Kier molecular flexibility index (Phi) is 24.9. The van der Waals surface area contributed by atoms with Crippen LogP contribution in [0.5, 0.6) is 0 Å². The summed E-state index contributed by atoms with van der Waals surface area (Å²) < 4.78 is 5.32. The van der Waals surface area contributed by atoms with Crippen LogP contribution < -0.4 is 0 Å². The fraction of sp³-hybridized carbons (Fsp3) is 0.857. The van der Waals surface area contributed by atoms with Gasteiger partial charge in [-0.3, -0.25) is 9.59 Å². The molecule has 0 aliphatic carbocycles. The highest BCUT2D eigenvalue weighted by molar-refractivity contribution is 5.69. The van der Waals surface area contributed by atoms with Crippen LogP contribution in [-0.4, -0.2) is 23.7 Å². The average Bonchev–Trinajstić information content (AvgIpc) is 2.77. The number of hydrogen-bond donors (Lipinski definition) is 1. The normalized spacial score (nSPS) is 11.3. The largest absolute Gasteiger partial charge is 0.481 e. The Morgan fingerprint density at radius 3 is 1.56 bits per heavy atom. The lowest BCUT2D eigenvalue weighted by Crippen LogP contribution is -2.05. The molecule has 0 radical (unpaired) electrons. The number of rotatable bonds is 25. The number of aliphatic carboxylic acids is 1. The maximum Gasteiger partial charge on any atom is 0.305 e. The summed E-state index contributed by atoms with van der Waals surface area (Å²) in [6.45, 7) is 2.81. The van der Waals surface area contributed by atoms with Crippen LogP contribution >= 0.6 is 0 Å². The summed E-state index contributed by atoms with van der Waals surface area (Å²) in [5, 5.41) is 8.58. The molecule has 0 heterocycles. The van der Waals surface area contributed by atoms with E-state index >= 15 is 0 Å². The van der Waals surface area contributed by atoms with E-state index in [0.717, 1.165) is 57.8 Å². The van der Waals surface area contributed by atoms with Crippen molar-refractivity contribution in [3.8, 4) is 0 Å². The summed E-state index contributed by atoms with van der Waals surface area (Å²) in [5.41, 5.74) is 0. The second-order valence-corrected chi connectivity index (χ2v) is 9.17. The number of carbonyl (C=O) groups is 2. The van der Waals surface area contributed by atoms with Crippen molar-refractivity contribution in [3.05, 3.63) is 12.2 Å². The number of carbonyl (C=O) groups excluding carboxylic acids is 1. The predicted octanol–water partition coefficient (Wildman–Crippen LogP) is 8.77. The second-order valence-electron chi connectivity index (χ2n) is 9.17. The molecule has 0 rings (SSSR count). The molecule has 4 heteroatoms. The van der Waals surface area contributed by atoms with Crippen LogP contribution in [0.1, 0.15) is 148 Å². The van der Waals surface area contributed by atoms with Crippen LogP contribution in [0.3, 0.4) is 0 Å². The molecule has 0 saturated carbocycles. The minimum absolute atomic E-state index is 0.0451. The zero-order valence-corrected chi connectivity index (χ0v) is 21.1. The third-order valence-corrected chi connectivity index (χ3v) is 5.94. The van der Waals surface area contributed by atoms with E-state index in [1.165, 1.54) is 70.6 Å². The maximum absolute atomic E-state index is 11.8. The molecule has 0 aliphatic heterocycles. The van der Waals surface area contributed by atoms with Gasteiger partial charge in [-0.05, 0) is 44.9 Å². The van der Waals surface area contributed by atoms with Crippen molar-refractivity contribution in [3.63, 3.8) is 0 Å². The average molecular weight is 453 g/mol. The highest BCUT2D eigenvalue weighted by Crippen LogP contribution is 2.11. The first-order valence-corrected chi connectivity index (χ1v) is 13.7. The van der Waals surface area contributed by atoms with Crippen molar-refractivity contribution in [2.45, 2.75) is 148 Å². The first-order chi connectivity index (χ1) is 15.7. The lowest BCUT2D eigenvalue weighted by molar-refractivity contribution is -0.144. The first-order valence-electron chi connectivity index (χ1n) is 13.7. The molecule has 0 saturated heterocycles. The van der Waals surface area contributed by atoms with E-state index in [-0.39, 0.29) is 12.4 Å². The molecule has 0 fully saturated rings. The number of allylic oxidation sites excluding steroid dienone is 2. The number of hydrogen-bond acceptors (Lipinski definition) is 3. The molecular formula is C28H52O4. The molecule has 0 aromatic rings. The van der Waals surface area contributed by atoms with Gasteiger partial charge in [-0.15, -0.1) is 0 Å². The van der Waals surface area contributed by atoms with E-state index in [4.69, 9.17) is 9.84 Å². The van der Waals surface area contributed by atoms with Crippen molar-refractivity contribution >= 4 is 11.9 Å². The topological polar surface area (TPSA) is 63.6 Å². The van der Waals surface area contributed by atoms with Gasteiger partial charge in [0.25, 0.3) is 0 Å². The third-order valence-electron chi connectivity index (χ3n) is 5.94. The second kappa shape index (κ2) is 25.9. The van der Waals surface area contributed by atoms with E-state index in [0.29, 0.717) is 13.0 Å². The van der Waals surface area contributed by atoms with Gasteiger partial charge >= 0.3 is 11.9 Å². The van der Waals surface area contributed by atoms with Gasteiger partial charge in [-0.25, -0.2) is 0 Å². The zero-order chi connectivity index (χ0) is 23.5. The molecule has 0 aromatic heterocycles. The molecule has 0 bridgehead atoms. The molecule has 0 atom stereocenters. The van der Waals surface area contributed by atoms with Gasteiger partial charge in [0.2, 0.25) is 0 Å². The smallest absolute Gasteiger partial charge is 0.305 e. The van der Waals surface area contributed by atoms with Crippen molar-refractivity contribution in [2.75, 3.05) is 6.61 Å². The summed E-state index contributed by atoms with van der Waals surface area (Å²) in [7, 11) is 0. The van der Waals surface area contributed by atoms with Gasteiger partial charge in [0.05, 0.1) is 6.61 Å². The minimum Gasteiger partial charge on any atom is -0.481 e. The lowest BCUT2D eigenvalue weighted by atomic mass is 10.1. The SMILES string of the molecule is CCCCCCCCC=CCCCCCCCC(=O)OCCCCCCCCCC(=O)O. The van der Waals surface area contributed by atoms with E-state index in [2.05, 4.69) is 19.1 Å². The molecule has 4 nitrogen and oxygen atoms in total. The number of unbranched alkanes of at least 4 members (excludes halogenated alkanes) is 17. The summed E-state index contributed by atoms with van der Waals surface area (Å²) in [4.78, 5) is 22.2. The Labute approximate surface area is 198 Å². The van der Waals surface area contributed by atoms with Crippen LogP contribution in [0.2, 0.25) is 0 Å². The molecule has 0 aromatic carbocycles. The summed E-state index contributed by atoms with van der Waals surface area (Å²) in [5.74, 6) is -0.745. The molecule has 0 aliphatic rings. The van der Waals surface area contributed by atoms with Crippen LogP contribution in [0.15, 0.2) is 12.2 Å². The number of carboxylic acids is 1. The van der Waals surface area contributed by atoms with Crippen molar-refractivity contribution in [2.24, 2.45) is 0 Å². The maximum atomic E-state index is 11.8. The third kappa shape index (κ3) is 26.7. The van der Waals surface area contributed by atoms with Crippen molar-refractivity contribution < 1.29 is 19.4 Å². The first kappa shape index (κ1) is 30.7. The van der Waals surface area contributed by atoms with Gasteiger partial charge in [-0.1, -0.05) is 103 Å².